The molecule has 0 atom stereocenters. The minimum Gasteiger partial charge on any atom is -0.449 e. The molecule has 1 amide bonds. The van der Waals surface area contributed by atoms with E-state index in [1.165, 1.54) is 22.3 Å². The lowest BCUT2D eigenvalue weighted by Gasteiger charge is -2.14. The third-order valence-corrected chi connectivity index (χ3v) is 6.34. The number of hydrogen-bond donors (Lipinski definition) is 1. The fraction of sp³-hybridized carbons (Fsp3) is 0.143. The number of rotatable bonds is 5. The molecular formula is C28H23ClN2O2. The van der Waals surface area contributed by atoms with Gasteiger partial charge >= 0.3 is 6.09 Å². The van der Waals surface area contributed by atoms with Crippen LogP contribution >= 0.6 is 11.6 Å². The maximum Gasteiger partial charge on any atom is 0.407 e. The molecule has 1 N–H and O–H groups in total. The molecule has 5 heteroatoms. The van der Waals surface area contributed by atoms with Crippen molar-refractivity contribution in [1.82, 2.24) is 10.3 Å². The van der Waals surface area contributed by atoms with Gasteiger partial charge in [0.1, 0.15) is 11.8 Å². The first kappa shape index (κ1) is 21.2. The van der Waals surface area contributed by atoms with E-state index in [0.717, 1.165) is 22.0 Å². The summed E-state index contributed by atoms with van der Waals surface area (Å²) in [5, 5.41) is 4.25. The summed E-state index contributed by atoms with van der Waals surface area (Å²) < 4.78 is 5.56. The van der Waals surface area contributed by atoms with Crippen LogP contribution in [0.25, 0.3) is 28.1 Å². The van der Waals surface area contributed by atoms with Gasteiger partial charge in [0.25, 0.3) is 0 Å². The normalized spacial score (nSPS) is 12.7. The Balaban J connectivity index is 1.20. The highest BCUT2D eigenvalue weighted by Crippen LogP contribution is 2.44. The maximum atomic E-state index is 12.3. The minimum atomic E-state index is -0.445. The molecule has 3 aromatic carbocycles. The Morgan fingerprint density at radius 3 is 2.45 bits per heavy atom. The van der Waals surface area contributed by atoms with Crippen molar-refractivity contribution >= 4 is 34.7 Å². The minimum absolute atomic E-state index is 0.0460. The summed E-state index contributed by atoms with van der Waals surface area (Å²) in [5.74, 6) is 0.0460. The molecule has 33 heavy (non-hydrogen) atoms. The van der Waals surface area contributed by atoms with E-state index >= 15 is 0 Å². The molecule has 4 nitrogen and oxygen atoms in total. The van der Waals surface area contributed by atoms with Crippen molar-refractivity contribution in [3.63, 3.8) is 0 Å². The van der Waals surface area contributed by atoms with Gasteiger partial charge in [-0.1, -0.05) is 90.5 Å². The molecule has 0 radical (unpaired) electrons. The standard InChI is InChI=1S/C28H23ClN2O2/c1-18-8-6-9-19-16-20(27(29)31-26(18)19)10-7-15-30-28(32)33-17-25-23-13-4-2-11-21(23)22-12-3-5-14-24(22)25/h2-14,16,25H,15,17H2,1H3,(H,30,32). The molecule has 0 fully saturated rings. The van der Waals surface area contributed by atoms with Crippen LogP contribution in [0.15, 0.2) is 78.9 Å². The largest absolute Gasteiger partial charge is 0.449 e. The molecule has 1 aliphatic carbocycles. The van der Waals surface area contributed by atoms with Crippen molar-refractivity contribution in [3.05, 3.63) is 106 Å². The van der Waals surface area contributed by atoms with Crippen LogP contribution in [-0.2, 0) is 4.74 Å². The summed E-state index contributed by atoms with van der Waals surface area (Å²) in [6.45, 7) is 2.64. The number of alkyl carbamates (subject to hydrolysis) is 1. The van der Waals surface area contributed by atoms with Crippen LogP contribution in [0.1, 0.15) is 28.2 Å². The number of ether oxygens (including phenoxy) is 1. The Morgan fingerprint density at radius 1 is 1.03 bits per heavy atom. The van der Waals surface area contributed by atoms with Gasteiger partial charge in [0.05, 0.1) is 5.52 Å². The molecule has 1 aliphatic rings. The second kappa shape index (κ2) is 9.08. The van der Waals surface area contributed by atoms with E-state index in [0.29, 0.717) is 18.3 Å². The molecule has 0 spiro atoms. The fourth-order valence-electron chi connectivity index (χ4n) is 4.44. The highest BCUT2D eigenvalue weighted by atomic mass is 35.5. The van der Waals surface area contributed by atoms with E-state index in [2.05, 4.69) is 34.6 Å². The van der Waals surface area contributed by atoms with Gasteiger partial charge < -0.3 is 10.1 Å². The van der Waals surface area contributed by atoms with E-state index < -0.39 is 6.09 Å². The molecule has 0 bridgehead atoms. The van der Waals surface area contributed by atoms with Gasteiger partial charge in [0.15, 0.2) is 0 Å². The van der Waals surface area contributed by atoms with Crippen molar-refractivity contribution in [2.24, 2.45) is 0 Å². The van der Waals surface area contributed by atoms with Crippen molar-refractivity contribution in [3.8, 4) is 11.1 Å². The van der Waals surface area contributed by atoms with Crippen LogP contribution in [-0.4, -0.2) is 24.2 Å². The van der Waals surface area contributed by atoms with Crippen LogP contribution in [0.2, 0.25) is 5.15 Å². The number of amides is 1. The number of para-hydroxylation sites is 1. The lowest BCUT2D eigenvalue weighted by Crippen LogP contribution is -2.26. The molecule has 0 saturated carbocycles. The number of aromatic nitrogens is 1. The Hall–Kier alpha value is -3.63. The number of carbonyl (C=O) groups excluding carboxylic acids is 1. The molecule has 0 unspecified atom stereocenters. The van der Waals surface area contributed by atoms with Crippen LogP contribution < -0.4 is 5.32 Å². The quantitative estimate of drug-likeness (QED) is 0.339. The predicted molar refractivity (Wildman–Crippen MR) is 134 cm³/mol. The molecule has 1 heterocycles. The highest BCUT2D eigenvalue weighted by Gasteiger charge is 2.28. The summed E-state index contributed by atoms with van der Waals surface area (Å²) in [6.07, 6.45) is 3.26. The van der Waals surface area contributed by atoms with Crippen molar-refractivity contribution in [2.75, 3.05) is 13.2 Å². The van der Waals surface area contributed by atoms with Crippen LogP contribution in [0, 0.1) is 6.92 Å². The van der Waals surface area contributed by atoms with E-state index in [4.69, 9.17) is 16.3 Å². The Labute approximate surface area is 197 Å². The smallest absolute Gasteiger partial charge is 0.407 e. The summed E-state index contributed by atoms with van der Waals surface area (Å²) in [7, 11) is 0. The summed E-state index contributed by atoms with van der Waals surface area (Å²) in [5.41, 5.74) is 7.60. The van der Waals surface area contributed by atoms with E-state index in [-0.39, 0.29) is 5.92 Å². The monoisotopic (exact) mass is 454 g/mol. The van der Waals surface area contributed by atoms with E-state index in [1.807, 2.05) is 67.6 Å². The number of fused-ring (bicyclic) bond motifs is 4. The lowest BCUT2D eigenvalue weighted by atomic mass is 9.98. The molecule has 5 rings (SSSR count). The second-order valence-corrected chi connectivity index (χ2v) is 8.48. The summed E-state index contributed by atoms with van der Waals surface area (Å²) in [6, 6.07) is 24.6. The van der Waals surface area contributed by atoms with Crippen molar-refractivity contribution in [1.29, 1.82) is 0 Å². The molecule has 4 aromatic rings. The second-order valence-electron chi connectivity index (χ2n) is 8.12. The zero-order valence-corrected chi connectivity index (χ0v) is 19.0. The first-order chi connectivity index (χ1) is 16.1. The number of halogens is 1. The molecule has 0 aliphatic heterocycles. The number of benzene rings is 3. The average molecular weight is 455 g/mol. The van der Waals surface area contributed by atoms with E-state index in [1.54, 1.807) is 0 Å². The number of carbonyl (C=O) groups is 1. The number of nitrogens with zero attached hydrogens (tertiary/aromatic N) is 1. The molecular weight excluding hydrogens is 432 g/mol. The molecule has 0 saturated heterocycles. The zero-order chi connectivity index (χ0) is 22.8. The van der Waals surface area contributed by atoms with Gasteiger partial charge in [-0.05, 0) is 40.8 Å². The first-order valence-electron chi connectivity index (χ1n) is 10.9. The number of hydrogen-bond acceptors (Lipinski definition) is 3. The Bertz CT molecular complexity index is 1330. The topological polar surface area (TPSA) is 51.2 Å². The van der Waals surface area contributed by atoms with Gasteiger partial charge in [-0.15, -0.1) is 0 Å². The third-order valence-electron chi connectivity index (χ3n) is 6.03. The third kappa shape index (κ3) is 4.22. The first-order valence-corrected chi connectivity index (χ1v) is 11.3. The predicted octanol–water partition coefficient (Wildman–Crippen LogP) is 6.75. The number of nitrogens with one attached hydrogen (secondary N) is 1. The SMILES string of the molecule is Cc1cccc2cc(C=CCNC(=O)OCC3c4ccccc4-c4ccccc43)c(Cl)nc12. The van der Waals surface area contributed by atoms with Crippen LogP contribution in [0.3, 0.4) is 0 Å². The Kier molecular flexibility index (Phi) is 5.84. The van der Waals surface area contributed by atoms with Crippen LogP contribution in [0.4, 0.5) is 4.79 Å². The number of pyridine rings is 1. The van der Waals surface area contributed by atoms with Gasteiger partial charge in [-0.25, -0.2) is 9.78 Å². The number of aryl methyl sites for hydroxylation is 1. The average Bonchev–Trinajstić information content (AvgIpc) is 3.15. The van der Waals surface area contributed by atoms with Crippen LogP contribution in [0.5, 0.6) is 0 Å². The Morgan fingerprint density at radius 2 is 1.73 bits per heavy atom. The van der Waals surface area contributed by atoms with E-state index in [9.17, 15) is 4.79 Å². The van der Waals surface area contributed by atoms with Gasteiger partial charge in [0.2, 0.25) is 0 Å². The van der Waals surface area contributed by atoms with Crippen molar-refractivity contribution < 1.29 is 9.53 Å². The lowest BCUT2D eigenvalue weighted by molar-refractivity contribution is 0.144. The van der Waals surface area contributed by atoms with Crippen molar-refractivity contribution in [2.45, 2.75) is 12.8 Å². The maximum absolute atomic E-state index is 12.3. The van der Waals surface area contributed by atoms with Gasteiger partial charge in [-0.3, -0.25) is 0 Å². The van der Waals surface area contributed by atoms with Gasteiger partial charge in [0, 0.05) is 23.4 Å². The molecule has 164 valence electrons. The molecule has 1 aromatic heterocycles. The summed E-state index contributed by atoms with van der Waals surface area (Å²) in [4.78, 5) is 16.8. The summed E-state index contributed by atoms with van der Waals surface area (Å²) >= 11 is 6.35. The highest BCUT2D eigenvalue weighted by molar-refractivity contribution is 6.31. The fourth-order valence-corrected chi connectivity index (χ4v) is 4.64. The zero-order valence-electron chi connectivity index (χ0n) is 18.2. The van der Waals surface area contributed by atoms with Gasteiger partial charge in [-0.2, -0.15) is 0 Å².